The molecule has 0 unspecified atom stereocenters. The Morgan fingerprint density at radius 2 is 1.44 bits per heavy atom. The third-order valence-corrected chi connectivity index (χ3v) is 4.60. The van der Waals surface area contributed by atoms with Crippen molar-refractivity contribution in [2.75, 3.05) is 33.9 Å². The summed E-state index contributed by atoms with van der Waals surface area (Å²) in [6, 6.07) is 16.0. The number of nitrogens with one attached hydrogen (secondary N) is 1. The van der Waals surface area contributed by atoms with Crippen molar-refractivity contribution in [1.82, 2.24) is 0 Å². The fourth-order valence-corrected chi connectivity index (χ4v) is 2.88. The molecule has 0 aromatic heterocycles. The normalized spacial score (nSPS) is 10.5. The number of amides is 1. The summed E-state index contributed by atoms with van der Waals surface area (Å²) >= 11 is 0. The minimum absolute atomic E-state index is 0.223. The minimum Gasteiger partial charge on any atom is -0.497 e. The van der Waals surface area contributed by atoms with Crippen molar-refractivity contribution in [3.63, 3.8) is 0 Å². The van der Waals surface area contributed by atoms with Gasteiger partial charge in [-0.3, -0.25) is 4.79 Å². The summed E-state index contributed by atoms with van der Waals surface area (Å²) in [5.74, 6) is 0.421. The van der Waals surface area contributed by atoms with Gasteiger partial charge in [0.25, 0.3) is 5.91 Å². The molecule has 0 atom stereocenters. The first-order valence-corrected chi connectivity index (χ1v) is 9.96. The number of hydrogen-bond donors (Lipinski definition) is 1. The van der Waals surface area contributed by atoms with Crippen molar-refractivity contribution in [1.29, 1.82) is 0 Å². The van der Waals surface area contributed by atoms with E-state index in [2.05, 4.69) is 15.7 Å². The molecule has 0 saturated carbocycles. The summed E-state index contributed by atoms with van der Waals surface area (Å²) in [7, 11) is 5.90. The highest BCUT2D eigenvalue weighted by Crippen LogP contribution is 2.38. The smallest absolute Gasteiger partial charge is 0.362 e. The van der Waals surface area contributed by atoms with Crippen LogP contribution in [-0.4, -0.2) is 40.3 Å². The summed E-state index contributed by atoms with van der Waals surface area (Å²) < 4.78 is 20.8. The van der Waals surface area contributed by atoms with Crippen LogP contribution in [-0.2, 0) is 4.84 Å². The van der Waals surface area contributed by atoms with Gasteiger partial charge in [0.15, 0.2) is 11.5 Å². The largest absolute Gasteiger partial charge is 0.497 e. The quantitative estimate of drug-likeness (QED) is 0.353. The molecule has 0 fully saturated rings. The molecule has 0 aliphatic heterocycles. The molecule has 3 aromatic carbocycles. The monoisotopic (exact) mass is 465 g/mol. The van der Waals surface area contributed by atoms with Crippen molar-refractivity contribution in [3.8, 4) is 23.0 Å². The molecule has 10 heteroatoms. The van der Waals surface area contributed by atoms with Crippen molar-refractivity contribution in [3.05, 3.63) is 71.8 Å². The Hall–Kier alpha value is -4.60. The van der Waals surface area contributed by atoms with E-state index in [4.69, 9.17) is 23.8 Å². The van der Waals surface area contributed by atoms with E-state index in [-0.39, 0.29) is 5.56 Å². The van der Waals surface area contributed by atoms with E-state index in [0.717, 1.165) is 0 Å². The van der Waals surface area contributed by atoms with Crippen LogP contribution >= 0.6 is 0 Å². The number of hydrogen-bond acceptors (Lipinski definition) is 9. The third kappa shape index (κ3) is 5.80. The highest BCUT2D eigenvalue weighted by Gasteiger charge is 2.17. The fraction of sp³-hybridized carbons (Fsp3) is 0.167. The highest BCUT2D eigenvalue weighted by atomic mass is 16.7. The number of anilines is 1. The average molecular weight is 465 g/mol. The summed E-state index contributed by atoms with van der Waals surface area (Å²) in [6.07, 6.45) is 0. The standard InChI is InChI=1S/C24H23N3O7/c1-30-19-7-5-6-15(12-19)24(29)34-27-18-10-8-17(9-11-18)25-26-23(28)16-13-20(31-2)22(33-4)21(14-16)32-3/h5-14,27H,1-4H3. The van der Waals surface area contributed by atoms with E-state index in [0.29, 0.717) is 39.9 Å². The van der Waals surface area contributed by atoms with E-state index in [1.54, 1.807) is 48.5 Å². The maximum Gasteiger partial charge on any atom is 0.362 e. The number of benzene rings is 3. The van der Waals surface area contributed by atoms with Crippen LogP contribution in [0.2, 0.25) is 0 Å². The first-order chi connectivity index (χ1) is 16.5. The molecule has 0 bridgehead atoms. The molecule has 0 radical (unpaired) electrons. The molecule has 0 heterocycles. The maximum atomic E-state index is 12.5. The van der Waals surface area contributed by atoms with Crippen LogP contribution in [0.4, 0.5) is 11.4 Å². The van der Waals surface area contributed by atoms with E-state index in [1.807, 2.05) is 0 Å². The van der Waals surface area contributed by atoms with Crippen LogP contribution in [0.3, 0.4) is 0 Å². The molecule has 0 spiro atoms. The highest BCUT2D eigenvalue weighted by molar-refractivity contribution is 5.96. The van der Waals surface area contributed by atoms with Gasteiger partial charge in [-0.05, 0) is 54.6 Å². The molecule has 3 rings (SSSR count). The Kier molecular flexibility index (Phi) is 8.01. The molecule has 1 amide bonds. The summed E-state index contributed by atoms with van der Waals surface area (Å²) in [6.45, 7) is 0. The summed E-state index contributed by atoms with van der Waals surface area (Å²) in [4.78, 5) is 29.7. The Labute approximate surface area is 196 Å². The number of nitrogens with zero attached hydrogens (tertiary/aromatic N) is 2. The molecule has 3 aromatic rings. The Morgan fingerprint density at radius 3 is 2.03 bits per heavy atom. The average Bonchev–Trinajstić information content (AvgIpc) is 2.89. The summed E-state index contributed by atoms with van der Waals surface area (Å²) in [5, 5.41) is 7.70. The SMILES string of the molecule is COc1cccc(C(=O)ONc2ccc(N=NC(=O)c3cc(OC)c(OC)c(OC)c3)cc2)c1. The third-order valence-electron chi connectivity index (χ3n) is 4.60. The number of carbonyl (C=O) groups is 2. The zero-order valence-corrected chi connectivity index (χ0v) is 19.0. The molecular weight excluding hydrogens is 442 g/mol. The second-order valence-electron chi connectivity index (χ2n) is 6.69. The molecule has 0 aliphatic carbocycles. The Bertz CT molecular complexity index is 1170. The maximum absolute atomic E-state index is 12.5. The van der Waals surface area contributed by atoms with Crippen LogP contribution in [0.5, 0.6) is 23.0 Å². The van der Waals surface area contributed by atoms with Crippen LogP contribution in [0, 0.1) is 0 Å². The van der Waals surface area contributed by atoms with Crippen molar-refractivity contribution >= 4 is 23.3 Å². The van der Waals surface area contributed by atoms with Gasteiger partial charge in [0.1, 0.15) is 5.75 Å². The number of azo groups is 1. The van der Waals surface area contributed by atoms with Crippen LogP contribution in [0.25, 0.3) is 0 Å². The Balaban J connectivity index is 1.63. The van der Waals surface area contributed by atoms with Crippen LogP contribution in [0.15, 0.2) is 70.9 Å². The van der Waals surface area contributed by atoms with E-state index in [9.17, 15) is 9.59 Å². The van der Waals surface area contributed by atoms with Gasteiger partial charge in [-0.1, -0.05) is 6.07 Å². The first kappa shape index (κ1) is 24.1. The second kappa shape index (κ2) is 11.3. The molecule has 0 aliphatic rings. The number of rotatable bonds is 9. The van der Waals surface area contributed by atoms with E-state index < -0.39 is 11.9 Å². The van der Waals surface area contributed by atoms with Crippen molar-refractivity contribution < 1.29 is 33.4 Å². The lowest BCUT2D eigenvalue weighted by Gasteiger charge is -2.12. The van der Waals surface area contributed by atoms with Gasteiger partial charge >= 0.3 is 5.97 Å². The first-order valence-electron chi connectivity index (χ1n) is 9.96. The Morgan fingerprint density at radius 1 is 0.765 bits per heavy atom. The molecule has 10 nitrogen and oxygen atoms in total. The molecule has 0 saturated heterocycles. The van der Waals surface area contributed by atoms with Gasteiger partial charge in [-0.25, -0.2) is 10.3 Å². The van der Waals surface area contributed by atoms with Gasteiger partial charge in [0, 0.05) is 0 Å². The molecular formula is C24H23N3O7. The van der Waals surface area contributed by atoms with Gasteiger partial charge in [0.2, 0.25) is 5.75 Å². The molecule has 34 heavy (non-hydrogen) atoms. The zero-order chi connectivity index (χ0) is 24.5. The van der Waals surface area contributed by atoms with E-state index in [1.165, 1.54) is 40.6 Å². The number of ether oxygens (including phenoxy) is 4. The second-order valence-corrected chi connectivity index (χ2v) is 6.69. The lowest BCUT2D eigenvalue weighted by Crippen LogP contribution is -2.10. The summed E-state index contributed by atoms with van der Waals surface area (Å²) in [5.41, 5.74) is 4.05. The number of carbonyl (C=O) groups excluding carboxylic acids is 2. The minimum atomic E-state index is -0.589. The van der Waals surface area contributed by atoms with Crippen LogP contribution in [0.1, 0.15) is 20.7 Å². The van der Waals surface area contributed by atoms with Crippen molar-refractivity contribution in [2.24, 2.45) is 10.2 Å². The lowest BCUT2D eigenvalue weighted by molar-refractivity contribution is 0.0596. The lowest BCUT2D eigenvalue weighted by atomic mass is 10.1. The van der Waals surface area contributed by atoms with Gasteiger partial charge in [0.05, 0.1) is 50.9 Å². The van der Waals surface area contributed by atoms with Crippen LogP contribution < -0.4 is 24.4 Å². The van der Waals surface area contributed by atoms with Gasteiger partial charge in [-0.2, -0.15) is 0 Å². The number of methoxy groups -OCH3 is 4. The van der Waals surface area contributed by atoms with Crippen molar-refractivity contribution in [2.45, 2.75) is 0 Å². The van der Waals surface area contributed by atoms with E-state index >= 15 is 0 Å². The van der Waals surface area contributed by atoms with Gasteiger partial charge < -0.3 is 23.8 Å². The fourth-order valence-electron chi connectivity index (χ4n) is 2.88. The predicted octanol–water partition coefficient (Wildman–Crippen LogP) is 4.83. The van der Waals surface area contributed by atoms with Gasteiger partial charge in [-0.15, -0.1) is 10.2 Å². The topological polar surface area (TPSA) is 117 Å². The zero-order valence-electron chi connectivity index (χ0n) is 19.0. The molecule has 1 N–H and O–H groups in total. The molecule has 176 valence electrons. The predicted molar refractivity (Wildman–Crippen MR) is 123 cm³/mol.